The van der Waals surface area contributed by atoms with Crippen molar-refractivity contribution in [2.45, 2.75) is 388 Å². The minimum Gasteiger partial charge on any atom is -0.462 e. The lowest BCUT2D eigenvalue weighted by Crippen LogP contribution is -2.30. The van der Waals surface area contributed by atoms with Gasteiger partial charge in [-0.1, -0.05) is 319 Å². The fourth-order valence-electron chi connectivity index (χ4n) is 11.2. The van der Waals surface area contributed by atoms with Crippen molar-refractivity contribution >= 4 is 39.5 Å². The molecular weight excluding hydrogens is 1220 g/mol. The van der Waals surface area contributed by atoms with Gasteiger partial charge in [-0.05, 0) is 49.4 Å². The highest BCUT2D eigenvalue weighted by atomic mass is 31.2. The van der Waals surface area contributed by atoms with Crippen LogP contribution in [0.5, 0.6) is 0 Å². The van der Waals surface area contributed by atoms with Crippen LogP contribution in [-0.4, -0.2) is 96.7 Å². The summed E-state index contributed by atoms with van der Waals surface area (Å²) in [5.74, 6) is 0.859. The Balaban J connectivity index is 5.20. The van der Waals surface area contributed by atoms with E-state index < -0.39 is 97.5 Å². The zero-order chi connectivity index (χ0) is 68.9. The third-order valence-corrected chi connectivity index (χ3v) is 19.0. The van der Waals surface area contributed by atoms with Crippen molar-refractivity contribution in [3.63, 3.8) is 0 Å². The maximum atomic E-state index is 13.0. The van der Waals surface area contributed by atoms with E-state index in [1.807, 2.05) is 0 Å². The molecule has 0 radical (unpaired) electrons. The molecule has 0 aliphatic heterocycles. The largest absolute Gasteiger partial charge is 0.472 e. The number of phosphoric ester groups is 2. The maximum absolute atomic E-state index is 13.0. The molecule has 0 aliphatic rings. The van der Waals surface area contributed by atoms with Crippen molar-refractivity contribution in [2.24, 2.45) is 23.7 Å². The first-order chi connectivity index (χ1) is 44.6. The molecule has 0 spiro atoms. The first kappa shape index (κ1) is 91.1. The minimum atomic E-state index is -4.95. The van der Waals surface area contributed by atoms with Gasteiger partial charge in [-0.25, -0.2) is 9.13 Å². The average molecular weight is 1370 g/mol. The van der Waals surface area contributed by atoms with Crippen LogP contribution in [0, 0.1) is 23.7 Å². The third kappa shape index (κ3) is 68.4. The fourth-order valence-corrected chi connectivity index (χ4v) is 12.8. The van der Waals surface area contributed by atoms with Crippen LogP contribution in [0.15, 0.2) is 0 Å². The zero-order valence-electron chi connectivity index (χ0n) is 60.9. The van der Waals surface area contributed by atoms with Gasteiger partial charge in [0, 0.05) is 25.7 Å². The molecule has 0 saturated heterocycles. The molecule has 0 rings (SSSR count). The molecule has 5 atom stereocenters. The third-order valence-electron chi connectivity index (χ3n) is 17.1. The number of aliphatic hydroxyl groups excluding tert-OH is 1. The van der Waals surface area contributed by atoms with E-state index >= 15 is 0 Å². The van der Waals surface area contributed by atoms with E-state index in [1.165, 1.54) is 167 Å². The van der Waals surface area contributed by atoms with E-state index in [2.05, 4.69) is 55.4 Å². The molecule has 0 bridgehead atoms. The van der Waals surface area contributed by atoms with E-state index in [1.54, 1.807) is 0 Å². The van der Waals surface area contributed by atoms with Crippen LogP contribution in [0.25, 0.3) is 0 Å². The summed E-state index contributed by atoms with van der Waals surface area (Å²) in [5, 5.41) is 10.6. The molecule has 0 aromatic carbocycles. The smallest absolute Gasteiger partial charge is 0.462 e. The second-order valence-electron chi connectivity index (χ2n) is 28.6. The molecule has 17 nitrogen and oxygen atoms in total. The number of phosphoric acid groups is 2. The zero-order valence-corrected chi connectivity index (χ0v) is 62.7. The number of aliphatic hydroxyl groups is 1. The lowest BCUT2D eigenvalue weighted by molar-refractivity contribution is -0.161. The van der Waals surface area contributed by atoms with E-state index in [-0.39, 0.29) is 25.7 Å². The summed E-state index contributed by atoms with van der Waals surface area (Å²) < 4.78 is 68.4. The van der Waals surface area contributed by atoms with Gasteiger partial charge in [0.05, 0.1) is 26.4 Å². The lowest BCUT2D eigenvalue weighted by Gasteiger charge is -2.21. The Kier molecular flexibility index (Phi) is 62.2. The van der Waals surface area contributed by atoms with Crippen molar-refractivity contribution in [1.29, 1.82) is 0 Å². The molecule has 0 aromatic rings. The van der Waals surface area contributed by atoms with Gasteiger partial charge in [0.25, 0.3) is 0 Å². The molecule has 0 heterocycles. The standard InChI is InChI=1S/C74H144O17P2/c1-64(2)50-42-34-26-20-16-12-10-9-11-13-19-23-31-40-48-56-73(78)90-69(61-85-72(77)55-47-39-32-24-28-36-44-52-66(5)6)62-88-92(80,81)86-58-68(75)59-87-93(82,83)89-63-70(91-74(79)57-49-41-33-25-29-37-45-53-67(7)8)60-84-71(76)54-46-38-30-22-18-15-14-17-21-27-35-43-51-65(3)4/h64-70,75H,9-63H2,1-8H3,(H,80,81)(H,82,83)/t68?,69-,70-/m1/s1. The Hall–Kier alpha value is -1.94. The highest BCUT2D eigenvalue weighted by molar-refractivity contribution is 7.47. The van der Waals surface area contributed by atoms with Crippen molar-refractivity contribution in [1.82, 2.24) is 0 Å². The molecule has 0 fully saturated rings. The fraction of sp³-hybridized carbons (Fsp3) is 0.946. The van der Waals surface area contributed by atoms with Gasteiger partial charge in [0.15, 0.2) is 12.2 Å². The van der Waals surface area contributed by atoms with Crippen molar-refractivity contribution in [3.8, 4) is 0 Å². The van der Waals surface area contributed by atoms with Gasteiger partial charge in [-0.2, -0.15) is 0 Å². The number of esters is 4. The molecule has 3 unspecified atom stereocenters. The first-order valence-corrected chi connectivity index (χ1v) is 41.2. The molecule has 3 N–H and O–H groups in total. The van der Waals surface area contributed by atoms with Gasteiger partial charge in [0.1, 0.15) is 19.3 Å². The van der Waals surface area contributed by atoms with Crippen LogP contribution >= 0.6 is 15.6 Å². The lowest BCUT2D eigenvalue weighted by atomic mass is 10.0. The highest BCUT2D eigenvalue weighted by Gasteiger charge is 2.30. The van der Waals surface area contributed by atoms with Crippen LogP contribution in [0.1, 0.15) is 370 Å². The molecule has 0 amide bonds. The minimum absolute atomic E-state index is 0.103. The SMILES string of the molecule is CC(C)CCCCCCCCCCCCCCCCCC(=O)O[C@H](COC(=O)CCCCCCCCCC(C)C)COP(=O)(O)OCC(O)COP(=O)(O)OC[C@@H](COC(=O)CCCCCCCCCCCCCCC(C)C)OC(=O)CCCCCCCCCC(C)C. The normalized spacial score (nSPS) is 14.2. The molecule has 93 heavy (non-hydrogen) atoms. The van der Waals surface area contributed by atoms with Crippen molar-refractivity contribution in [3.05, 3.63) is 0 Å². The Morgan fingerprint density at radius 1 is 0.269 bits per heavy atom. The highest BCUT2D eigenvalue weighted by Crippen LogP contribution is 2.45. The summed E-state index contributed by atoms with van der Waals surface area (Å²) in [4.78, 5) is 72.7. The van der Waals surface area contributed by atoms with Crippen LogP contribution < -0.4 is 0 Å². The van der Waals surface area contributed by atoms with E-state index in [9.17, 15) is 43.2 Å². The van der Waals surface area contributed by atoms with Crippen LogP contribution in [0.2, 0.25) is 0 Å². The monoisotopic (exact) mass is 1370 g/mol. The summed E-state index contributed by atoms with van der Waals surface area (Å²) in [6.45, 7) is 14.1. The van der Waals surface area contributed by atoms with Crippen molar-refractivity contribution < 1.29 is 80.2 Å². The van der Waals surface area contributed by atoms with Gasteiger partial charge in [-0.3, -0.25) is 37.3 Å². The summed E-state index contributed by atoms with van der Waals surface area (Å²) in [7, 11) is -9.91. The molecule has 0 aromatic heterocycles. The quantitative estimate of drug-likeness (QED) is 0.0222. The maximum Gasteiger partial charge on any atom is 0.472 e. The molecule has 0 saturated carbocycles. The van der Waals surface area contributed by atoms with Crippen molar-refractivity contribution in [2.75, 3.05) is 39.6 Å². The summed E-state index contributed by atoms with van der Waals surface area (Å²) >= 11 is 0. The van der Waals surface area contributed by atoms with Crippen LogP contribution in [0.4, 0.5) is 0 Å². The van der Waals surface area contributed by atoms with Gasteiger partial charge in [-0.15, -0.1) is 0 Å². The Morgan fingerprint density at radius 2 is 0.452 bits per heavy atom. The summed E-state index contributed by atoms with van der Waals surface area (Å²) in [5.41, 5.74) is 0. The number of unbranched alkanes of at least 4 members (excludes halogenated alkanes) is 37. The Morgan fingerprint density at radius 3 is 0.667 bits per heavy atom. The topological polar surface area (TPSA) is 237 Å². The number of hydrogen-bond donors (Lipinski definition) is 3. The van der Waals surface area contributed by atoms with E-state index in [0.717, 1.165) is 108 Å². The van der Waals surface area contributed by atoms with Gasteiger partial charge in [0.2, 0.25) is 0 Å². The summed E-state index contributed by atoms with van der Waals surface area (Å²) in [6.07, 6.45) is 47.4. The molecule has 19 heteroatoms. The average Bonchev–Trinajstić information content (AvgIpc) is 1.85. The molecular formula is C74H144O17P2. The predicted molar refractivity (Wildman–Crippen MR) is 377 cm³/mol. The number of hydrogen-bond acceptors (Lipinski definition) is 15. The number of carbonyl (C=O) groups excluding carboxylic acids is 4. The van der Waals surface area contributed by atoms with Crippen LogP contribution in [-0.2, 0) is 65.4 Å². The number of ether oxygens (including phenoxy) is 4. The van der Waals surface area contributed by atoms with Crippen LogP contribution in [0.3, 0.4) is 0 Å². The predicted octanol–water partition coefficient (Wildman–Crippen LogP) is 21.3. The van der Waals surface area contributed by atoms with Gasteiger partial charge >= 0.3 is 39.5 Å². The summed E-state index contributed by atoms with van der Waals surface area (Å²) in [6, 6.07) is 0. The number of rotatable bonds is 71. The molecule has 0 aliphatic carbocycles. The first-order valence-electron chi connectivity index (χ1n) is 38.2. The Bertz CT molecular complexity index is 1830. The van der Waals surface area contributed by atoms with E-state index in [0.29, 0.717) is 37.5 Å². The Labute approximate surface area is 568 Å². The second-order valence-corrected chi connectivity index (χ2v) is 31.5. The van der Waals surface area contributed by atoms with E-state index in [4.69, 9.17) is 37.0 Å². The molecule has 552 valence electrons. The number of carbonyl (C=O) groups is 4. The van der Waals surface area contributed by atoms with Gasteiger partial charge < -0.3 is 33.8 Å². The second kappa shape index (κ2) is 63.5.